The van der Waals surface area contributed by atoms with Gasteiger partial charge >= 0.3 is 0 Å². The molecule has 0 radical (unpaired) electrons. The molecule has 0 saturated carbocycles. The third-order valence-corrected chi connectivity index (χ3v) is 6.71. The zero-order chi connectivity index (χ0) is 21.8. The molecule has 1 aromatic carbocycles. The van der Waals surface area contributed by atoms with E-state index in [-0.39, 0.29) is 23.1 Å². The van der Waals surface area contributed by atoms with Crippen LogP contribution in [0.15, 0.2) is 58.7 Å². The Bertz CT molecular complexity index is 1120. The van der Waals surface area contributed by atoms with Crippen LogP contribution < -0.4 is 10.9 Å². The number of rotatable bonds is 5. The molecule has 3 heterocycles. The van der Waals surface area contributed by atoms with Crippen LogP contribution in [0, 0.1) is 5.41 Å². The van der Waals surface area contributed by atoms with E-state index in [0.717, 1.165) is 16.0 Å². The van der Waals surface area contributed by atoms with Gasteiger partial charge in [-0.1, -0.05) is 30.3 Å². The molecule has 31 heavy (non-hydrogen) atoms. The van der Waals surface area contributed by atoms with Gasteiger partial charge in [-0.05, 0) is 47.9 Å². The van der Waals surface area contributed by atoms with Gasteiger partial charge in [0, 0.05) is 31.1 Å². The minimum atomic E-state index is -0.738. The van der Waals surface area contributed by atoms with Crippen LogP contribution in [0.4, 0.5) is 0 Å². The molecule has 3 aromatic rings. The number of benzene rings is 1. The molecule has 1 fully saturated rings. The van der Waals surface area contributed by atoms with E-state index in [0.29, 0.717) is 32.4 Å². The van der Waals surface area contributed by atoms with Gasteiger partial charge in [0.1, 0.15) is 5.69 Å². The summed E-state index contributed by atoms with van der Waals surface area (Å²) in [4.78, 5) is 40.3. The van der Waals surface area contributed by atoms with Crippen molar-refractivity contribution in [2.75, 3.05) is 20.1 Å². The highest BCUT2D eigenvalue weighted by molar-refractivity contribution is 7.13. The molecule has 0 bridgehead atoms. The van der Waals surface area contributed by atoms with Gasteiger partial charge in [-0.15, -0.1) is 11.3 Å². The van der Waals surface area contributed by atoms with E-state index >= 15 is 0 Å². The number of carbonyl (C=O) groups excluding carboxylic acids is 2. The molecule has 0 spiro atoms. The highest BCUT2D eigenvalue weighted by Crippen LogP contribution is 2.38. The molecule has 1 saturated heterocycles. The summed E-state index contributed by atoms with van der Waals surface area (Å²) < 4.78 is 0. The molecule has 160 valence electrons. The predicted octanol–water partition coefficient (Wildman–Crippen LogP) is 2.71. The first-order valence-electron chi connectivity index (χ1n) is 10.2. The Hall–Kier alpha value is -3.26. The number of aromatic nitrogens is 2. The Labute approximate surface area is 184 Å². The summed E-state index contributed by atoms with van der Waals surface area (Å²) in [7, 11) is 1.64. The average Bonchev–Trinajstić information content (AvgIpc) is 3.34. The number of H-pyrrole nitrogens is 1. The smallest absolute Gasteiger partial charge is 0.274 e. The maximum atomic E-state index is 13.1. The number of carbonyl (C=O) groups is 2. The van der Waals surface area contributed by atoms with E-state index in [1.807, 2.05) is 23.6 Å². The molecular formula is C23H24N4O3S. The molecular weight excluding hydrogens is 412 g/mol. The Morgan fingerprint density at radius 1 is 1.19 bits per heavy atom. The predicted molar refractivity (Wildman–Crippen MR) is 120 cm³/mol. The highest BCUT2D eigenvalue weighted by Gasteiger charge is 2.43. The number of nitrogens with zero attached hydrogens (tertiary/aromatic N) is 2. The second kappa shape index (κ2) is 8.85. The van der Waals surface area contributed by atoms with Crippen molar-refractivity contribution in [3.05, 3.63) is 75.5 Å². The Kier molecular flexibility index (Phi) is 5.99. The van der Waals surface area contributed by atoms with Crippen molar-refractivity contribution in [2.45, 2.75) is 19.3 Å². The second-order valence-corrected chi connectivity index (χ2v) is 8.76. The molecule has 4 rings (SSSR count). The van der Waals surface area contributed by atoms with Gasteiger partial charge in [-0.2, -0.15) is 5.10 Å². The van der Waals surface area contributed by atoms with E-state index in [2.05, 4.69) is 33.7 Å². The van der Waals surface area contributed by atoms with Gasteiger partial charge in [0.15, 0.2) is 0 Å². The first-order valence-corrected chi connectivity index (χ1v) is 11.1. The van der Waals surface area contributed by atoms with Crippen molar-refractivity contribution < 1.29 is 9.59 Å². The molecule has 2 N–H and O–H groups in total. The molecule has 1 aliphatic rings. The van der Waals surface area contributed by atoms with Gasteiger partial charge in [-0.3, -0.25) is 14.4 Å². The molecule has 0 aliphatic carbocycles. The summed E-state index contributed by atoms with van der Waals surface area (Å²) >= 11 is 1.67. The van der Waals surface area contributed by atoms with Gasteiger partial charge in [-0.25, -0.2) is 5.10 Å². The number of thiophene rings is 1. The van der Waals surface area contributed by atoms with E-state index in [9.17, 15) is 14.4 Å². The van der Waals surface area contributed by atoms with Crippen LogP contribution in [0.3, 0.4) is 0 Å². The van der Waals surface area contributed by atoms with Crippen molar-refractivity contribution in [3.63, 3.8) is 0 Å². The van der Waals surface area contributed by atoms with E-state index in [1.54, 1.807) is 23.3 Å². The molecule has 2 amide bonds. The monoisotopic (exact) mass is 436 g/mol. The largest absolute Gasteiger partial charge is 0.359 e. The number of likely N-dealkylation sites (tertiary alicyclic amines) is 1. The fraction of sp³-hybridized carbons (Fsp3) is 0.304. The Balaban J connectivity index is 1.66. The third kappa shape index (κ3) is 4.29. The maximum absolute atomic E-state index is 13.1. The van der Waals surface area contributed by atoms with Crippen LogP contribution in [-0.2, 0) is 11.2 Å². The molecule has 1 atom stereocenters. The number of piperidine rings is 1. The highest BCUT2D eigenvalue weighted by atomic mass is 32.1. The summed E-state index contributed by atoms with van der Waals surface area (Å²) in [6.45, 7) is 0.843. The first kappa shape index (κ1) is 21.0. The Morgan fingerprint density at radius 2 is 2.03 bits per heavy atom. The van der Waals surface area contributed by atoms with E-state index in [1.165, 1.54) is 12.1 Å². The summed E-state index contributed by atoms with van der Waals surface area (Å²) in [5, 5.41) is 11.0. The zero-order valence-corrected chi connectivity index (χ0v) is 18.1. The number of hydrogen-bond acceptors (Lipinski definition) is 5. The van der Waals surface area contributed by atoms with Crippen LogP contribution in [0.5, 0.6) is 0 Å². The van der Waals surface area contributed by atoms with Crippen LogP contribution in [0.25, 0.3) is 10.4 Å². The van der Waals surface area contributed by atoms with Gasteiger partial charge in [0.25, 0.3) is 11.5 Å². The fourth-order valence-corrected chi connectivity index (χ4v) is 5.10. The van der Waals surface area contributed by atoms with E-state index in [4.69, 9.17) is 0 Å². The fourth-order valence-electron chi connectivity index (χ4n) is 4.32. The average molecular weight is 437 g/mol. The number of aromatic amines is 1. The van der Waals surface area contributed by atoms with Crippen LogP contribution in [0.2, 0.25) is 0 Å². The molecule has 8 heteroatoms. The van der Waals surface area contributed by atoms with Crippen molar-refractivity contribution in [1.29, 1.82) is 0 Å². The third-order valence-electron chi connectivity index (χ3n) is 5.80. The summed E-state index contributed by atoms with van der Waals surface area (Å²) in [6, 6.07) is 14.9. The molecule has 7 nitrogen and oxygen atoms in total. The SMILES string of the molecule is CNC(=O)C1(Cc2ccccc2-c2cccs2)CCCN(C(=O)c2ccc(=O)[nH]n2)C1. The van der Waals surface area contributed by atoms with Gasteiger partial charge in [0.05, 0.1) is 5.41 Å². The van der Waals surface area contributed by atoms with Crippen molar-refractivity contribution in [2.24, 2.45) is 5.41 Å². The van der Waals surface area contributed by atoms with Crippen molar-refractivity contribution >= 4 is 23.2 Å². The minimum Gasteiger partial charge on any atom is -0.359 e. The van der Waals surface area contributed by atoms with Crippen LogP contribution >= 0.6 is 11.3 Å². The molecule has 1 unspecified atom stereocenters. The minimum absolute atomic E-state index is 0.0691. The van der Waals surface area contributed by atoms with E-state index < -0.39 is 5.41 Å². The summed E-state index contributed by atoms with van der Waals surface area (Å²) in [6.07, 6.45) is 1.93. The lowest BCUT2D eigenvalue weighted by molar-refractivity contribution is -0.133. The zero-order valence-electron chi connectivity index (χ0n) is 17.3. The van der Waals surface area contributed by atoms with Crippen LogP contribution in [0.1, 0.15) is 28.9 Å². The lowest BCUT2D eigenvalue weighted by Crippen LogP contribution is -2.54. The summed E-state index contributed by atoms with van der Waals surface area (Å²) in [5.74, 6) is -0.351. The summed E-state index contributed by atoms with van der Waals surface area (Å²) in [5.41, 5.74) is 1.28. The first-order chi connectivity index (χ1) is 15.0. The number of amides is 2. The van der Waals surface area contributed by atoms with Crippen molar-refractivity contribution in [3.8, 4) is 10.4 Å². The van der Waals surface area contributed by atoms with Crippen molar-refractivity contribution in [1.82, 2.24) is 20.4 Å². The standard InChI is InChI=1S/C23H24N4O3S/c1-24-22(30)23(14-16-6-2-3-7-17(16)19-8-4-13-31-19)11-5-12-27(15-23)21(29)18-9-10-20(28)26-25-18/h2-4,6-10,13H,5,11-12,14-15H2,1H3,(H,24,30)(H,26,28). The Morgan fingerprint density at radius 3 is 2.74 bits per heavy atom. The molecule has 2 aromatic heterocycles. The molecule has 1 aliphatic heterocycles. The topological polar surface area (TPSA) is 95.2 Å². The number of nitrogens with one attached hydrogen (secondary N) is 2. The number of hydrogen-bond donors (Lipinski definition) is 2. The normalized spacial score (nSPS) is 18.5. The van der Waals surface area contributed by atoms with Gasteiger partial charge < -0.3 is 10.2 Å². The maximum Gasteiger partial charge on any atom is 0.274 e. The quantitative estimate of drug-likeness (QED) is 0.643. The van der Waals surface area contributed by atoms with Gasteiger partial charge in [0.2, 0.25) is 5.91 Å². The van der Waals surface area contributed by atoms with Crippen LogP contribution in [-0.4, -0.2) is 47.0 Å². The second-order valence-electron chi connectivity index (χ2n) is 7.81. The lowest BCUT2D eigenvalue weighted by Gasteiger charge is -2.41. The lowest BCUT2D eigenvalue weighted by atomic mass is 9.73.